The Labute approximate surface area is 231 Å². The summed E-state index contributed by atoms with van der Waals surface area (Å²) in [6.45, 7) is 1.90. The van der Waals surface area contributed by atoms with Gasteiger partial charge in [-0.3, -0.25) is 19.4 Å². The molecule has 0 unspecified atom stereocenters. The minimum absolute atomic E-state index is 0.113. The normalized spacial score (nSPS) is 18.4. The van der Waals surface area contributed by atoms with Crippen LogP contribution < -0.4 is 4.74 Å². The quantitative estimate of drug-likeness (QED) is 0.323. The molecule has 206 valence electrons. The second-order valence-electron chi connectivity index (χ2n) is 11.2. The van der Waals surface area contributed by atoms with Crippen molar-refractivity contribution < 1.29 is 18.3 Å². The van der Waals surface area contributed by atoms with Gasteiger partial charge in [-0.05, 0) is 60.4 Å². The van der Waals surface area contributed by atoms with E-state index in [-0.39, 0.29) is 30.7 Å². The lowest BCUT2D eigenvalue weighted by molar-refractivity contribution is -0.0181. The number of carbonyl (C=O) groups excluding carboxylic acids is 1. The zero-order valence-corrected chi connectivity index (χ0v) is 22.4. The van der Waals surface area contributed by atoms with E-state index in [9.17, 15) is 4.79 Å². The zero-order chi connectivity index (χ0) is 27.4. The van der Waals surface area contributed by atoms with Crippen LogP contribution >= 0.6 is 0 Å². The summed E-state index contributed by atoms with van der Waals surface area (Å²) in [5.41, 5.74) is 2.72. The van der Waals surface area contributed by atoms with Crippen LogP contribution in [-0.2, 0) is 20.1 Å². The van der Waals surface area contributed by atoms with Gasteiger partial charge < -0.3 is 9.64 Å². The SMILES string of the molecule is Cn1cc2c(-c3cc(F)c(CN4Cc5ncccc5C4=O)c(F)c3)ccc(OC3CN(C4CCCCC4)C3)c2n1. The van der Waals surface area contributed by atoms with E-state index in [4.69, 9.17) is 4.74 Å². The molecule has 7 rings (SSSR count). The summed E-state index contributed by atoms with van der Waals surface area (Å²) in [5.74, 6) is -0.972. The third-order valence-electron chi connectivity index (χ3n) is 8.56. The number of rotatable bonds is 6. The van der Waals surface area contributed by atoms with Crippen molar-refractivity contribution in [2.75, 3.05) is 13.1 Å². The Morgan fingerprint density at radius 1 is 1.02 bits per heavy atom. The standard InChI is InChI=1S/C31H31F2N5O2/c1-36-16-24-22(9-10-29(30(24)35-36)40-21-14-37(15-21)20-6-3-2-4-7-20)19-12-26(32)25(27(33)13-19)17-38-18-28-23(31(38)39)8-5-11-34-28/h5,8-13,16,20-21H,2-4,6-7,14-15,17-18H2,1H3. The number of carbonyl (C=O) groups is 1. The number of nitrogens with zero attached hydrogens (tertiary/aromatic N) is 5. The maximum Gasteiger partial charge on any atom is 0.256 e. The molecule has 40 heavy (non-hydrogen) atoms. The molecule has 1 aliphatic carbocycles. The van der Waals surface area contributed by atoms with E-state index in [0.29, 0.717) is 39.7 Å². The van der Waals surface area contributed by atoms with Gasteiger partial charge in [-0.15, -0.1) is 0 Å². The van der Waals surface area contributed by atoms with Crippen molar-refractivity contribution in [3.63, 3.8) is 0 Å². The number of halogens is 2. The van der Waals surface area contributed by atoms with Crippen LogP contribution in [0, 0.1) is 11.6 Å². The Kier molecular flexibility index (Phi) is 6.26. The molecule has 0 atom stereocenters. The smallest absolute Gasteiger partial charge is 0.256 e. The molecule has 2 aromatic carbocycles. The molecule has 7 nitrogen and oxygen atoms in total. The minimum Gasteiger partial charge on any atom is -0.485 e. The summed E-state index contributed by atoms with van der Waals surface area (Å²) in [4.78, 5) is 20.9. The van der Waals surface area contributed by atoms with Crippen LogP contribution in [0.1, 0.15) is 53.7 Å². The largest absolute Gasteiger partial charge is 0.485 e. The van der Waals surface area contributed by atoms with Crippen LogP contribution in [-0.4, -0.2) is 55.7 Å². The number of hydrogen-bond donors (Lipinski definition) is 0. The minimum atomic E-state index is -0.693. The monoisotopic (exact) mass is 543 g/mol. The first-order chi connectivity index (χ1) is 19.4. The van der Waals surface area contributed by atoms with Gasteiger partial charge in [0, 0.05) is 49.5 Å². The molecule has 4 aromatic rings. The lowest BCUT2D eigenvalue weighted by Gasteiger charge is -2.45. The Hall–Kier alpha value is -3.85. The molecule has 0 bridgehead atoms. The van der Waals surface area contributed by atoms with Crippen molar-refractivity contribution in [2.45, 2.75) is 57.3 Å². The van der Waals surface area contributed by atoms with Crippen LogP contribution in [0.25, 0.3) is 22.0 Å². The van der Waals surface area contributed by atoms with Gasteiger partial charge in [-0.2, -0.15) is 5.10 Å². The average molecular weight is 544 g/mol. The van der Waals surface area contributed by atoms with Gasteiger partial charge in [0.1, 0.15) is 29.0 Å². The first-order valence-electron chi connectivity index (χ1n) is 14.0. The van der Waals surface area contributed by atoms with Gasteiger partial charge in [0.05, 0.1) is 24.3 Å². The second-order valence-corrected chi connectivity index (χ2v) is 11.2. The van der Waals surface area contributed by atoms with E-state index >= 15 is 8.78 Å². The molecule has 2 aliphatic heterocycles. The lowest BCUT2D eigenvalue weighted by atomic mass is 9.92. The first-order valence-corrected chi connectivity index (χ1v) is 14.0. The maximum atomic E-state index is 15.4. The van der Waals surface area contributed by atoms with E-state index in [1.54, 1.807) is 23.0 Å². The van der Waals surface area contributed by atoms with Gasteiger partial charge in [-0.25, -0.2) is 8.78 Å². The highest BCUT2D eigenvalue weighted by Gasteiger charge is 2.35. The number of pyridine rings is 1. The molecule has 1 amide bonds. The van der Waals surface area contributed by atoms with Crippen LogP contribution in [0.5, 0.6) is 5.75 Å². The van der Waals surface area contributed by atoms with E-state index in [2.05, 4.69) is 15.0 Å². The summed E-state index contributed by atoms with van der Waals surface area (Å²) in [6, 6.07) is 10.4. The van der Waals surface area contributed by atoms with Crippen molar-refractivity contribution in [1.29, 1.82) is 0 Å². The van der Waals surface area contributed by atoms with Crippen molar-refractivity contribution in [3.05, 3.63) is 77.2 Å². The van der Waals surface area contributed by atoms with E-state index in [1.807, 2.05) is 25.4 Å². The number of amides is 1. The molecule has 0 N–H and O–H groups in total. The molecule has 1 saturated carbocycles. The highest BCUT2D eigenvalue weighted by atomic mass is 19.1. The Morgan fingerprint density at radius 3 is 2.55 bits per heavy atom. The predicted molar refractivity (Wildman–Crippen MR) is 147 cm³/mol. The van der Waals surface area contributed by atoms with E-state index < -0.39 is 11.6 Å². The molecular formula is C31H31F2N5O2. The van der Waals surface area contributed by atoms with Crippen molar-refractivity contribution >= 4 is 16.8 Å². The summed E-state index contributed by atoms with van der Waals surface area (Å²) in [7, 11) is 1.83. The molecule has 2 aromatic heterocycles. The zero-order valence-electron chi connectivity index (χ0n) is 22.4. The van der Waals surface area contributed by atoms with Crippen LogP contribution in [0.4, 0.5) is 8.78 Å². The number of hydrogen-bond acceptors (Lipinski definition) is 5. The van der Waals surface area contributed by atoms with Crippen molar-refractivity contribution in [3.8, 4) is 16.9 Å². The van der Waals surface area contributed by atoms with Crippen molar-refractivity contribution in [2.24, 2.45) is 7.05 Å². The Bertz CT molecular complexity index is 1580. The highest BCUT2D eigenvalue weighted by molar-refractivity contribution is 5.98. The van der Waals surface area contributed by atoms with E-state index in [1.165, 1.54) is 49.1 Å². The van der Waals surface area contributed by atoms with Crippen LogP contribution in [0.2, 0.25) is 0 Å². The van der Waals surface area contributed by atoms with Gasteiger partial charge in [0.25, 0.3) is 5.91 Å². The number of likely N-dealkylation sites (tertiary alicyclic amines) is 1. The van der Waals surface area contributed by atoms with Crippen molar-refractivity contribution in [1.82, 2.24) is 24.6 Å². The van der Waals surface area contributed by atoms with Gasteiger partial charge in [0.2, 0.25) is 0 Å². The van der Waals surface area contributed by atoms with Gasteiger partial charge >= 0.3 is 0 Å². The molecular weight excluding hydrogens is 512 g/mol. The Morgan fingerprint density at radius 2 is 1.80 bits per heavy atom. The number of aryl methyl sites for hydroxylation is 1. The fourth-order valence-corrected chi connectivity index (χ4v) is 6.42. The number of benzene rings is 2. The summed E-state index contributed by atoms with van der Waals surface area (Å²) < 4.78 is 38.8. The number of fused-ring (bicyclic) bond motifs is 2. The van der Waals surface area contributed by atoms with Crippen LogP contribution in [0.3, 0.4) is 0 Å². The second kappa shape index (κ2) is 9.96. The predicted octanol–water partition coefficient (Wildman–Crippen LogP) is 5.47. The van der Waals surface area contributed by atoms with Gasteiger partial charge in [-0.1, -0.05) is 19.3 Å². The highest BCUT2D eigenvalue weighted by Crippen LogP contribution is 2.37. The maximum absolute atomic E-state index is 15.4. The molecule has 3 aliphatic rings. The molecule has 0 spiro atoms. The van der Waals surface area contributed by atoms with E-state index in [0.717, 1.165) is 18.5 Å². The van der Waals surface area contributed by atoms with Crippen LogP contribution in [0.15, 0.2) is 48.8 Å². The fraction of sp³-hybridized carbons (Fsp3) is 0.387. The summed E-state index contributed by atoms with van der Waals surface area (Å²) >= 11 is 0. The molecule has 9 heteroatoms. The van der Waals surface area contributed by atoms with Gasteiger partial charge in [0.15, 0.2) is 0 Å². The topological polar surface area (TPSA) is 63.5 Å². The lowest BCUT2D eigenvalue weighted by Crippen LogP contribution is -2.58. The third kappa shape index (κ3) is 4.42. The molecule has 1 saturated heterocycles. The first kappa shape index (κ1) is 25.1. The molecule has 4 heterocycles. The Balaban J connectivity index is 1.11. The average Bonchev–Trinajstić information content (AvgIpc) is 3.48. The summed E-state index contributed by atoms with van der Waals surface area (Å²) in [6.07, 6.45) is 10.1. The third-order valence-corrected chi connectivity index (χ3v) is 8.56. The fourth-order valence-electron chi connectivity index (χ4n) is 6.42. The number of ether oxygens (including phenoxy) is 1. The number of aromatic nitrogens is 3. The summed E-state index contributed by atoms with van der Waals surface area (Å²) in [5, 5.41) is 5.39. The molecule has 2 fully saturated rings. The molecule has 0 radical (unpaired) electrons.